The summed E-state index contributed by atoms with van der Waals surface area (Å²) in [5.41, 5.74) is 0. The molecule has 2 N–H and O–H groups in total. The van der Waals surface area contributed by atoms with Crippen molar-refractivity contribution in [1.29, 1.82) is 0 Å². The molecule has 0 aromatic carbocycles. The molecule has 0 aliphatic heterocycles. The zero-order valence-electron chi connectivity index (χ0n) is 12.7. The highest BCUT2D eigenvalue weighted by molar-refractivity contribution is 6.76. The Hall–Kier alpha value is -1.37. The highest BCUT2D eigenvalue weighted by Crippen LogP contribution is 2.13. The van der Waals surface area contributed by atoms with Crippen molar-refractivity contribution in [2.45, 2.75) is 46.5 Å². The van der Waals surface area contributed by atoms with Crippen molar-refractivity contribution >= 4 is 20.0 Å². The number of rotatable bonds is 7. The van der Waals surface area contributed by atoms with Crippen LogP contribution in [0.5, 0.6) is 6.01 Å². The molecule has 0 aliphatic rings. The summed E-state index contributed by atoms with van der Waals surface area (Å²) in [6.45, 7) is 13.4. The average Bonchev–Trinajstić information content (AvgIpc) is 2.24. The largest absolute Gasteiger partial charge is 0.464 e. The molecule has 0 amide bonds. The molecule has 0 unspecified atom stereocenters. The van der Waals surface area contributed by atoms with Gasteiger partial charge in [0.15, 0.2) is 0 Å². The van der Waals surface area contributed by atoms with Gasteiger partial charge >= 0.3 is 6.01 Å². The van der Waals surface area contributed by atoms with Gasteiger partial charge < -0.3 is 15.4 Å². The minimum absolute atomic E-state index is 0.265. The van der Waals surface area contributed by atoms with E-state index in [0.29, 0.717) is 24.5 Å². The van der Waals surface area contributed by atoms with Gasteiger partial charge in [-0.2, -0.15) is 15.0 Å². The zero-order valence-corrected chi connectivity index (χ0v) is 13.7. The van der Waals surface area contributed by atoms with Crippen molar-refractivity contribution in [3.8, 4) is 6.01 Å². The van der Waals surface area contributed by atoms with E-state index in [1.807, 2.05) is 20.8 Å². The summed E-state index contributed by atoms with van der Waals surface area (Å²) in [5.74, 6) is 1.12. The molecule has 1 heterocycles. The first-order valence-corrected chi connectivity index (χ1v) is 10.4. The van der Waals surface area contributed by atoms with Gasteiger partial charge in [-0.25, -0.2) is 0 Å². The van der Waals surface area contributed by atoms with E-state index in [4.69, 9.17) is 4.74 Å². The molecule has 1 aromatic heterocycles. The Kier molecular flexibility index (Phi) is 5.53. The molecule has 0 saturated carbocycles. The van der Waals surface area contributed by atoms with Crippen LogP contribution in [0.1, 0.15) is 20.8 Å². The van der Waals surface area contributed by atoms with Crippen molar-refractivity contribution in [2.24, 2.45) is 0 Å². The second kappa shape index (κ2) is 6.69. The van der Waals surface area contributed by atoms with Crippen LogP contribution < -0.4 is 15.4 Å². The maximum Gasteiger partial charge on any atom is 0.323 e. The molecule has 0 saturated heterocycles. The summed E-state index contributed by atoms with van der Waals surface area (Å²) in [6, 6.07) is 0.625. The van der Waals surface area contributed by atoms with E-state index >= 15 is 0 Å². The number of ether oxygens (including phenoxy) is 1. The van der Waals surface area contributed by atoms with Gasteiger partial charge in [0, 0.05) is 12.2 Å². The molecule has 0 aliphatic carbocycles. The van der Waals surface area contributed by atoms with Crippen LogP contribution >= 0.6 is 0 Å². The monoisotopic (exact) mass is 283 g/mol. The fourth-order valence-corrected chi connectivity index (χ4v) is 1.98. The highest BCUT2D eigenvalue weighted by atomic mass is 28.3. The number of nitrogens with one attached hydrogen (secondary N) is 2. The normalized spacial score (nSPS) is 11.5. The van der Waals surface area contributed by atoms with Crippen molar-refractivity contribution in [3.05, 3.63) is 0 Å². The number of hydrogen-bond donors (Lipinski definition) is 2. The minimum Gasteiger partial charge on any atom is -0.464 e. The fraction of sp³-hybridized carbons (Fsp3) is 0.750. The molecule has 0 atom stereocenters. The summed E-state index contributed by atoms with van der Waals surface area (Å²) >= 11 is 0. The van der Waals surface area contributed by atoms with Crippen molar-refractivity contribution in [2.75, 3.05) is 23.4 Å². The topological polar surface area (TPSA) is 72.0 Å². The van der Waals surface area contributed by atoms with Gasteiger partial charge in [0.2, 0.25) is 11.9 Å². The molecule has 0 spiro atoms. The summed E-state index contributed by atoms with van der Waals surface area (Å²) in [5, 5.41) is 6.45. The fourth-order valence-electron chi connectivity index (χ4n) is 1.30. The van der Waals surface area contributed by atoms with Gasteiger partial charge in [-0.15, -0.1) is 0 Å². The van der Waals surface area contributed by atoms with E-state index in [2.05, 4.69) is 45.2 Å². The van der Waals surface area contributed by atoms with Crippen LogP contribution in [0.3, 0.4) is 0 Å². The van der Waals surface area contributed by atoms with Gasteiger partial charge in [-0.3, -0.25) is 0 Å². The van der Waals surface area contributed by atoms with Crippen LogP contribution in [0, 0.1) is 0 Å². The Morgan fingerprint density at radius 3 is 2.26 bits per heavy atom. The van der Waals surface area contributed by atoms with Crippen LogP contribution in [-0.4, -0.2) is 41.8 Å². The molecule has 0 fully saturated rings. The lowest BCUT2D eigenvalue weighted by Crippen LogP contribution is -2.32. The summed E-state index contributed by atoms with van der Waals surface area (Å²) in [6.07, 6.45) is 0.920. The Morgan fingerprint density at radius 1 is 1.11 bits per heavy atom. The summed E-state index contributed by atoms with van der Waals surface area (Å²) < 4.78 is 5.37. The summed E-state index contributed by atoms with van der Waals surface area (Å²) in [7, 11) is -1.20. The van der Waals surface area contributed by atoms with Gasteiger partial charge in [0.05, 0.1) is 14.7 Å². The van der Waals surface area contributed by atoms with Crippen LogP contribution in [0.2, 0.25) is 19.6 Å². The van der Waals surface area contributed by atoms with Gasteiger partial charge in [-0.1, -0.05) is 19.6 Å². The maximum atomic E-state index is 5.37. The zero-order chi connectivity index (χ0) is 14.5. The smallest absolute Gasteiger partial charge is 0.323 e. The third-order valence-corrected chi connectivity index (χ3v) is 3.32. The summed E-state index contributed by atoms with van der Waals surface area (Å²) in [4.78, 5) is 12.8. The Balaban J connectivity index is 2.86. The van der Waals surface area contributed by atoms with E-state index < -0.39 is 8.07 Å². The average molecular weight is 283 g/mol. The second-order valence-corrected chi connectivity index (χ2v) is 11.4. The number of hydrogen-bond acceptors (Lipinski definition) is 6. The Labute approximate surface area is 116 Å². The third-order valence-electron chi connectivity index (χ3n) is 2.08. The Morgan fingerprint density at radius 2 is 1.74 bits per heavy atom. The molecular formula is C12H25N5OSi. The molecule has 6 nitrogen and oxygen atoms in total. The molecule has 0 bridgehead atoms. The van der Waals surface area contributed by atoms with E-state index in [9.17, 15) is 0 Å². The van der Waals surface area contributed by atoms with Crippen molar-refractivity contribution in [1.82, 2.24) is 15.0 Å². The quantitative estimate of drug-likeness (QED) is 0.749. The lowest BCUT2D eigenvalue weighted by Gasteiger charge is -2.17. The highest BCUT2D eigenvalue weighted by Gasteiger charge is 2.14. The lowest BCUT2D eigenvalue weighted by atomic mass is 10.4. The third kappa shape index (κ3) is 6.37. The van der Waals surface area contributed by atoms with E-state index in [1.165, 1.54) is 0 Å². The molecule has 1 aromatic rings. The van der Waals surface area contributed by atoms with Gasteiger partial charge in [-0.05, 0) is 20.8 Å². The lowest BCUT2D eigenvalue weighted by molar-refractivity contribution is 0.312. The number of anilines is 2. The van der Waals surface area contributed by atoms with Crippen LogP contribution in [-0.2, 0) is 0 Å². The second-order valence-electron chi connectivity index (χ2n) is 5.91. The minimum atomic E-state index is -1.20. The molecule has 19 heavy (non-hydrogen) atoms. The maximum absolute atomic E-state index is 5.37. The van der Waals surface area contributed by atoms with Crippen LogP contribution in [0.15, 0.2) is 0 Å². The van der Waals surface area contributed by atoms with Gasteiger partial charge in [0.1, 0.15) is 0 Å². The Bertz CT molecular complexity index is 406. The number of aromatic nitrogens is 3. The molecule has 7 heteroatoms. The first-order chi connectivity index (χ1) is 8.80. The van der Waals surface area contributed by atoms with Crippen molar-refractivity contribution in [3.63, 3.8) is 0 Å². The number of nitrogens with zero attached hydrogens (tertiary/aromatic N) is 3. The predicted molar refractivity (Wildman–Crippen MR) is 81.6 cm³/mol. The van der Waals surface area contributed by atoms with E-state index in [1.54, 1.807) is 0 Å². The molecular weight excluding hydrogens is 258 g/mol. The van der Waals surface area contributed by atoms with Crippen molar-refractivity contribution < 1.29 is 4.74 Å². The molecule has 1 rings (SSSR count). The van der Waals surface area contributed by atoms with Gasteiger partial charge in [0.25, 0.3) is 0 Å². The first-order valence-electron chi connectivity index (χ1n) is 6.69. The molecule has 0 radical (unpaired) electrons. The van der Waals surface area contributed by atoms with E-state index in [-0.39, 0.29) is 6.04 Å². The SMILES string of the molecule is CCOc1nc(NC[Si](C)(C)C)nc(NC(C)C)n1. The standard InChI is InChI=1S/C12H25N5OSi/c1-7-18-12-16-10(13-8-19(4,5)6)15-11(17-12)14-9(2)3/h9H,7-8H2,1-6H3,(H2,13,14,15,16,17). The molecule has 108 valence electrons. The first kappa shape index (κ1) is 15.7. The van der Waals surface area contributed by atoms with E-state index in [0.717, 1.165) is 6.17 Å². The van der Waals surface area contributed by atoms with Crippen LogP contribution in [0.4, 0.5) is 11.9 Å². The van der Waals surface area contributed by atoms with Crippen LogP contribution in [0.25, 0.3) is 0 Å². The predicted octanol–water partition coefficient (Wildman–Crippen LogP) is 2.38.